The number of rotatable bonds is 8. The van der Waals surface area contributed by atoms with Gasteiger partial charge in [0, 0.05) is 32.0 Å². The molecule has 0 aliphatic heterocycles. The lowest BCUT2D eigenvalue weighted by atomic mass is 10.3. The third kappa shape index (κ3) is 5.79. The summed E-state index contributed by atoms with van der Waals surface area (Å²) in [7, 11) is 1.63. The van der Waals surface area contributed by atoms with E-state index in [9.17, 15) is 4.79 Å². The Hall–Kier alpha value is -0.980. The number of nitrogens with zero attached hydrogens (tertiary/aromatic N) is 1. The second-order valence-electron chi connectivity index (χ2n) is 3.25. The highest BCUT2D eigenvalue weighted by molar-refractivity contribution is 7.07. The highest BCUT2D eigenvalue weighted by atomic mass is 32.1. The van der Waals surface area contributed by atoms with Gasteiger partial charge in [-0.2, -0.15) is 0 Å². The van der Waals surface area contributed by atoms with E-state index in [2.05, 4.69) is 15.6 Å². The molecule has 0 aromatic carbocycles. The molecular formula is C10H17N3O2S. The van der Waals surface area contributed by atoms with E-state index in [-0.39, 0.29) is 5.91 Å². The van der Waals surface area contributed by atoms with Gasteiger partial charge in [-0.05, 0) is 0 Å². The molecule has 0 atom stereocenters. The smallest absolute Gasteiger partial charge is 0.233 e. The van der Waals surface area contributed by atoms with Crippen LogP contribution in [0.15, 0.2) is 10.9 Å². The summed E-state index contributed by atoms with van der Waals surface area (Å²) in [5.74, 6) is 0.00586. The van der Waals surface area contributed by atoms with Crippen LogP contribution in [0.4, 0.5) is 0 Å². The monoisotopic (exact) mass is 243 g/mol. The van der Waals surface area contributed by atoms with E-state index < -0.39 is 0 Å². The van der Waals surface area contributed by atoms with Gasteiger partial charge >= 0.3 is 0 Å². The van der Waals surface area contributed by atoms with Gasteiger partial charge in [-0.1, -0.05) is 0 Å². The molecule has 5 nitrogen and oxygen atoms in total. The molecule has 0 bridgehead atoms. The van der Waals surface area contributed by atoms with Crippen LogP contribution in [0.25, 0.3) is 0 Å². The molecule has 0 spiro atoms. The Bertz CT molecular complexity index is 290. The Labute approximate surface area is 99.2 Å². The first kappa shape index (κ1) is 13.1. The van der Waals surface area contributed by atoms with Gasteiger partial charge in [0.05, 0.1) is 24.4 Å². The number of thiazole rings is 1. The first-order chi connectivity index (χ1) is 7.83. The molecule has 2 N–H and O–H groups in total. The molecule has 0 aliphatic rings. The maximum atomic E-state index is 11.3. The zero-order valence-corrected chi connectivity index (χ0v) is 10.2. The summed E-state index contributed by atoms with van der Waals surface area (Å²) in [5.41, 5.74) is 2.82. The molecule has 0 aliphatic carbocycles. The number of amides is 1. The highest BCUT2D eigenvalue weighted by Gasteiger charge is 2.00. The second kappa shape index (κ2) is 8.20. The van der Waals surface area contributed by atoms with E-state index in [1.807, 2.05) is 5.38 Å². The van der Waals surface area contributed by atoms with Crippen LogP contribution in [0.1, 0.15) is 5.69 Å². The van der Waals surface area contributed by atoms with Gasteiger partial charge in [0.2, 0.25) is 5.91 Å². The van der Waals surface area contributed by atoms with E-state index in [0.29, 0.717) is 26.2 Å². The van der Waals surface area contributed by atoms with Gasteiger partial charge in [0.25, 0.3) is 0 Å². The Balaban J connectivity index is 1.98. The minimum atomic E-state index is 0.00586. The van der Waals surface area contributed by atoms with Crippen molar-refractivity contribution < 1.29 is 9.53 Å². The third-order valence-electron chi connectivity index (χ3n) is 1.96. The largest absolute Gasteiger partial charge is 0.383 e. The maximum absolute atomic E-state index is 11.3. The molecule has 16 heavy (non-hydrogen) atoms. The summed E-state index contributed by atoms with van der Waals surface area (Å²) in [6, 6.07) is 0. The number of ether oxygens (including phenoxy) is 1. The highest BCUT2D eigenvalue weighted by Crippen LogP contribution is 2.00. The molecule has 0 radical (unpaired) electrons. The number of aromatic nitrogens is 1. The zero-order chi connectivity index (χ0) is 11.6. The SMILES string of the molecule is COCCNCC(=O)NCCc1cscn1. The van der Waals surface area contributed by atoms with Gasteiger partial charge < -0.3 is 15.4 Å². The van der Waals surface area contributed by atoms with Crippen molar-refractivity contribution in [1.82, 2.24) is 15.6 Å². The van der Waals surface area contributed by atoms with Crippen molar-refractivity contribution >= 4 is 17.2 Å². The van der Waals surface area contributed by atoms with Gasteiger partial charge in [0.15, 0.2) is 0 Å². The topological polar surface area (TPSA) is 63.2 Å². The van der Waals surface area contributed by atoms with Crippen molar-refractivity contribution in [2.45, 2.75) is 6.42 Å². The van der Waals surface area contributed by atoms with Crippen LogP contribution in [-0.2, 0) is 16.0 Å². The molecule has 1 aromatic rings. The van der Waals surface area contributed by atoms with E-state index in [4.69, 9.17) is 4.74 Å². The van der Waals surface area contributed by atoms with Gasteiger partial charge in [0.1, 0.15) is 0 Å². The molecule has 6 heteroatoms. The van der Waals surface area contributed by atoms with Crippen molar-refractivity contribution in [3.8, 4) is 0 Å². The third-order valence-corrected chi connectivity index (χ3v) is 2.59. The fraction of sp³-hybridized carbons (Fsp3) is 0.600. The summed E-state index contributed by atoms with van der Waals surface area (Å²) < 4.78 is 4.85. The first-order valence-corrected chi connectivity index (χ1v) is 6.10. The second-order valence-corrected chi connectivity index (χ2v) is 3.97. The Morgan fingerprint density at radius 2 is 2.44 bits per heavy atom. The minimum absolute atomic E-state index is 0.00586. The molecule has 1 amide bonds. The number of carbonyl (C=O) groups is 1. The summed E-state index contributed by atoms with van der Waals surface area (Å²) in [4.78, 5) is 15.4. The zero-order valence-electron chi connectivity index (χ0n) is 9.36. The predicted octanol–water partition coefficient (Wildman–Crippen LogP) is 0.0378. The van der Waals surface area contributed by atoms with Crippen LogP contribution in [0.2, 0.25) is 0 Å². The van der Waals surface area contributed by atoms with E-state index in [1.54, 1.807) is 24.0 Å². The molecule has 1 heterocycles. The van der Waals surface area contributed by atoms with Crippen molar-refractivity contribution in [3.05, 3.63) is 16.6 Å². The Morgan fingerprint density at radius 1 is 1.56 bits per heavy atom. The van der Waals surface area contributed by atoms with Crippen molar-refractivity contribution in [2.75, 3.05) is 33.4 Å². The fourth-order valence-corrected chi connectivity index (χ4v) is 1.72. The molecule has 1 aromatic heterocycles. The normalized spacial score (nSPS) is 10.3. The van der Waals surface area contributed by atoms with E-state index in [0.717, 1.165) is 12.1 Å². The first-order valence-electron chi connectivity index (χ1n) is 5.16. The van der Waals surface area contributed by atoms with Crippen LogP contribution >= 0.6 is 11.3 Å². The molecule has 1 rings (SSSR count). The molecule has 0 saturated carbocycles. The molecule has 0 fully saturated rings. The molecule has 90 valence electrons. The summed E-state index contributed by atoms with van der Waals surface area (Å²) >= 11 is 1.57. The number of methoxy groups -OCH3 is 1. The minimum Gasteiger partial charge on any atom is -0.383 e. The molecule has 0 unspecified atom stereocenters. The van der Waals surface area contributed by atoms with Gasteiger partial charge in [-0.3, -0.25) is 4.79 Å². The number of hydrogen-bond donors (Lipinski definition) is 2. The molecule has 0 saturated heterocycles. The average Bonchev–Trinajstić information content (AvgIpc) is 2.77. The van der Waals surface area contributed by atoms with E-state index >= 15 is 0 Å². The number of hydrogen-bond acceptors (Lipinski definition) is 5. The van der Waals surface area contributed by atoms with Crippen molar-refractivity contribution in [1.29, 1.82) is 0 Å². The lowest BCUT2D eigenvalue weighted by Crippen LogP contribution is -2.36. The van der Waals surface area contributed by atoms with Crippen LogP contribution in [0.3, 0.4) is 0 Å². The fourth-order valence-electron chi connectivity index (χ4n) is 1.13. The van der Waals surface area contributed by atoms with Crippen LogP contribution in [0.5, 0.6) is 0 Å². The lowest BCUT2D eigenvalue weighted by Gasteiger charge is -2.05. The molecular weight excluding hydrogens is 226 g/mol. The predicted molar refractivity (Wildman–Crippen MR) is 63.6 cm³/mol. The van der Waals surface area contributed by atoms with Crippen LogP contribution < -0.4 is 10.6 Å². The van der Waals surface area contributed by atoms with Gasteiger partial charge in [-0.25, -0.2) is 4.98 Å². The standard InChI is InChI=1S/C10H17N3O2S/c1-15-5-4-11-6-10(14)12-3-2-9-7-16-8-13-9/h7-8,11H,2-6H2,1H3,(H,12,14). The number of nitrogens with one attached hydrogen (secondary N) is 2. The Kier molecular flexibility index (Phi) is 6.71. The lowest BCUT2D eigenvalue weighted by molar-refractivity contribution is -0.120. The van der Waals surface area contributed by atoms with Crippen LogP contribution in [0, 0.1) is 0 Å². The maximum Gasteiger partial charge on any atom is 0.233 e. The van der Waals surface area contributed by atoms with Crippen molar-refractivity contribution in [2.24, 2.45) is 0 Å². The van der Waals surface area contributed by atoms with Crippen molar-refractivity contribution in [3.63, 3.8) is 0 Å². The summed E-state index contributed by atoms with van der Waals surface area (Å²) in [6.07, 6.45) is 0.785. The number of carbonyl (C=O) groups excluding carboxylic acids is 1. The quantitative estimate of drug-likeness (QED) is 0.633. The summed E-state index contributed by atoms with van der Waals surface area (Å²) in [5, 5.41) is 7.79. The summed E-state index contributed by atoms with van der Waals surface area (Å²) in [6.45, 7) is 2.27. The van der Waals surface area contributed by atoms with E-state index in [1.165, 1.54) is 0 Å². The van der Waals surface area contributed by atoms with Gasteiger partial charge in [-0.15, -0.1) is 11.3 Å². The average molecular weight is 243 g/mol. The Morgan fingerprint density at radius 3 is 3.12 bits per heavy atom. The van der Waals surface area contributed by atoms with Crippen LogP contribution in [-0.4, -0.2) is 44.2 Å².